The maximum Gasteiger partial charge on any atom is 0.495 e. The fourth-order valence-electron chi connectivity index (χ4n) is 2.40. The lowest BCUT2D eigenvalue weighted by molar-refractivity contribution is 0.00578. The molecule has 1 aliphatic rings. The van der Waals surface area contributed by atoms with E-state index < -0.39 is 5.60 Å². The predicted octanol–water partition coefficient (Wildman–Crippen LogP) is 2.91. The second-order valence-electron chi connectivity index (χ2n) is 7.29. The van der Waals surface area contributed by atoms with E-state index in [1.807, 2.05) is 66.7 Å². The molecule has 1 saturated heterocycles. The van der Waals surface area contributed by atoms with Crippen LogP contribution in [0.25, 0.3) is 0 Å². The van der Waals surface area contributed by atoms with Crippen molar-refractivity contribution >= 4 is 12.6 Å². The van der Waals surface area contributed by atoms with Crippen LogP contribution in [-0.4, -0.2) is 23.4 Å². The first-order valence-electron chi connectivity index (χ1n) is 7.69. The van der Waals surface area contributed by atoms with Crippen LogP contribution in [-0.2, 0) is 14.9 Å². The minimum atomic E-state index is -0.827. The van der Waals surface area contributed by atoms with Crippen LogP contribution >= 0.6 is 0 Å². The molecule has 3 nitrogen and oxygen atoms in total. The summed E-state index contributed by atoms with van der Waals surface area (Å²) in [6, 6.07) is 6.02. The summed E-state index contributed by atoms with van der Waals surface area (Å²) in [5.41, 5.74) is 1.48. The minimum absolute atomic E-state index is 0.354. The van der Waals surface area contributed by atoms with Gasteiger partial charge < -0.3 is 14.4 Å². The van der Waals surface area contributed by atoms with Crippen LogP contribution in [0.15, 0.2) is 18.2 Å². The number of hydrogen-bond acceptors (Lipinski definition) is 3. The molecule has 0 aromatic heterocycles. The molecule has 2 rings (SSSR count). The van der Waals surface area contributed by atoms with Crippen molar-refractivity contribution in [1.82, 2.24) is 0 Å². The van der Waals surface area contributed by atoms with Crippen LogP contribution < -0.4 is 5.46 Å². The van der Waals surface area contributed by atoms with E-state index in [1.165, 1.54) is 0 Å². The Kier molecular flexibility index (Phi) is 4.03. The van der Waals surface area contributed by atoms with E-state index in [-0.39, 0.29) is 18.3 Å². The largest absolute Gasteiger partial charge is 0.495 e. The van der Waals surface area contributed by atoms with Crippen LogP contribution in [0.2, 0.25) is 0 Å². The van der Waals surface area contributed by atoms with Gasteiger partial charge in [-0.25, -0.2) is 0 Å². The lowest BCUT2D eigenvalue weighted by Gasteiger charge is -2.32. The highest BCUT2D eigenvalue weighted by atomic mass is 16.7. The van der Waals surface area contributed by atoms with Gasteiger partial charge in [-0.1, -0.05) is 30.7 Å². The number of benzene rings is 1. The molecule has 1 aliphatic heterocycles. The SMILES string of the molecule is CCC(C)(O)c1ccc(C)c(B2OC(C)(C)C(C)(C)O2)c1. The fourth-order valence-corrected chi connectivity index (χ4v) is 2.40. The molecular formula is C17H27BO3. The molecule has 0 spiro atoms. The summed E-state index contributed by atoms with van der Waals surface area (Å²) >= 11 is 0. The lowest BCUT2D eigenvalue weighted by Crippen LogP contribution is -2.41. The van der Waals surface area contributed by atoms with Crippen molar-refractivity contribution < 1.29 is 14.4 Å². The average Bonchev–Trinajstić information content (AvgIpc) is 2.58. The highest BCUT2D eigenvalue weighted by Gasteiger charge is 2.52. The zero-order valence-corrected chi connectivity index (χ0v) is 14.3. The van der Waals surface area contributed by atoms with E-state index in [1.54, 1.807) is 0 Å². The Bertz CT molecular complexity index is 519. The van der Waals surface area contributed by atoms with Gasteiger partial charge in [-0.3, -0.25) is 0 Å². The molecule has 0 bridgehead atoms. The molecule has 1 N–H and O–H groups in total. The van der Waals surface area contributed by atoms with Crippen LogP contribution in [0.5, 0.6) is 0 Å². The Morgan fingerprint density at radius 3 is 2.14 bits per heavy atom. The van der Waals surface area contributed by atoms with E-state index >= 15 is 0 Å². The molecule has 1 aromatic rings. The Labute approximate surface area is 128 Å². The molecule has 1 unspecified atom stereocenters. The summed E-state index contributed by atoms with van der Waals surface area (Å²) in [6.45, 7) is 14.1. The normalized spacial score (nSPS) is 23.1. The van der Waals surface area contributed by atoms with Gasteiger partial charge in [0.05, 0.1) is 16.8 Å². The maximum atomic E-state index is 10.5. The van der Waals surface area contributed by atoms with Gasteiger partial charge in [0.25, 0.3) is 0 Å². The van der Waals surface area contributed by atoms with Crippen molar-refractivity contribution in [2.24, 2.45) is 0 Å². The Hall–Kier alpha value is -0.835. The van der Waals surface area contributed by atoms with Crippen molar-refractivity contribution in [3.8, 4) is 0 Å². The summed E-state index contributed by atoms with van der Waals surface area (Å²) in [5.74, 6) is 0. The van der Waals surface area contributed by atoms with Gasteiger partial charge in [0.15, 0.2) is 0 Å². The van der Waals surface area contributed by atoms with Gasteiger partial charge in [-0.15, -0.1) is 0 Å². The third-order valence-electron chi connectivity index (χ3n) is 5.10. The molecule has 116 valence electrons. The first kappa shape index (κ1) is 16.5. The molecule has 1 atom stereocenters. The summed E-state index contributed by atoms with van der Waals surface area (Å²) < 4.78 is 12.3. The highest BCUT2D eigenvalue weighted by molar-refractivity contribution is 6.62. The zero-order valence-electron chi connectivity index (χ0n) is 14.3. The highest BCUT2D eigenvalue weighted by Crippen LogP contribution is 2.37. The topological polar surface area (TPSA) is 38.7 Å². The third-order valence-corrected chi connectivity index (χ3v) is 5.10. The van der Waals surface area contributed by atoms with Gasteiger partial charge in [0, 0.05) is 0 Å². The smallest absolute Gasteiger partial charge is 0.399 e. The van der Waals surface area contributed by atoms with Crippen LogP contribution in [0.1, 0.15) is 59.1 Å². The summed E-state index contributed by atoms with van der Waals surface area (Å²) in [5, 5.41) is 10.5. The van der Waals surface area contributed by atoms with E-state index in [2.05, 4.69) is 0 Å². The molecular weight excluding hydrogens is 263 g/mol. The molecule has 0 saturated carbocycles. The van der Waals surface area contributed by atoms with Crippen molar-refractivity contribution in [1.29, 1.82) is 0 Å². The van der Waals surface area contributed by atoms with Gasteiger partial charge >= 0.3 is 7.12 Å². The summed E-state index contributed by atoms with van der Waals surface area (Å²) in [6.07, 6.45) is 0.666. The standard InChI is InChI=1S/C17H27BO3/c1-8-17(7,19)13-10-9-12(2)14(11-13)18-20-15(3,4)16(5,6)21-18/h9-11,19H,8H2,1-7H3. The number of hydrogen-bond donors (Lipinski definition) is 1. The van der Waals surface area contributed by atoms with E-state index in [4.69, 9.17) is 9.31 Å². The quantitative estimate of drug-likeness (QED) is 0.870. The van der Waals surface area contributed by atoms with Gasteiger partial charge in [0.2, 0.25) is 0 Å². The number of aryl methyl sites for hydroxylation is 1. The van der Waals surface area contributed by atoms with Gasteiger partial charge in [-0.2, -0.15) is 0 Å². The second kappa shape index (κ2) is 5.11. The molecule has 21 heavy (non-hydrogen) atoms. The lowest BCUT2D eigenvalue weighted by atomic mass is 9.74. The maximum absolute atomic E-state index is 10.5. The van der Waals surface area contributed by atoms with E-state index in [0.717, 1.165) is 16.6 Å². The average molecular weight is 290 g/mol. The van der Waals surface area contributed by atoms with Gasteiger partial charge in [-0.05, 0) is 59.0 Å². The predicted molar refractivity (Wildman–Crippen MR) is 86.8 cm³/mol. The van der Waals surface area contributed by atoms with E-state index in [9.17, 15) is 5.11 Å². The molecule has 1 aromatic carbocycles. The number of rotatable bonds is 3. The summed E-state index contributed by atoms with van der Waals surface area (Å²) in [7, 11) is -0.386. The monoisotopic (exact) mass is 290 g/mol. The first-order valence-corrected chi connectivity index (χ1v) is 7.69. The van der Waals surface area contributed by atoms with Crippen molar-refractivity contribution in [3.05, 3.63) is 29.3 Å². The number of aliphatic hydroxyl groups is 1. The van der Waals surface area contributed by atoms with E-state index in [0.29, 0.717) is 6.42 Å². The van der Waals surface area contributed by atoms with Crippen LogP contribution in [0.4, 0.5) is 0 Å². The molecule has 0 aliphatic carbocycles. The third kappa shape index (κ3) is 2.89. The van der Waals surface area contributed by atoms with Crippen molar-refractivity contribution in [2.45, 2.75) is 71.7 Å². The molecule has 1 fully saturated rings. The molecule has 4 heteroatoms. The Balaban J connectivity index is 2.40. The molecule has 0 amide bonds. The van der Waals surface area contributed by atoms with Crippen LogP contribution in [0, 0.1) is 6.92 Å². The first-order chi connectivity index (χ1) is 9.50. The van der Waals surface area contributed by atoms with Crippen molar-refractivity contribution in [2.75, 3.05) is 0 Å². The molecule has 1 heterocycles. The minimum Gasteiger partial charge on any atom is -0.399 e. The van der Waals surface area contributed by atoms with Crippen molar-refractivity contribution in [3.63, 3.8) is 0 Å². The molecule has 0 radical (unpaired) electrons. The Morgan fingerprint density at radius 1 is 1.14 bits per heavy atom. The van der Waals surface area contributed by atoms with Crippen LogP contribution in [0.3, 0.4) is 0 Å². The summed E-state index contributed by atoms with van der Waals surface area (Å²) in [4.78, 5) is 0. The zero-order chi connectivity index (χ0) is 16.1. The second-order valence-corrected chi connectivity index (χ2v) is 7.29. The fraction of sp³-hybridized carbons (Fsp3) is 0.647. The van der Waals surface area contributed by atoms with Gasteiger partial charge in [0.1, 0.15) is 0 Å². The Morgan fingerprint density at radius 2 is 1.67 bits per heavy atom.